The number of nitrogens with zero attached hydrogens (tertiary/aromatic N) is 2. The number of aromatic nitrogens is 1. The van der Waals surface area contributed by atoms with Gasteiger partial charge in [-0.3, -0.25) is 4.79 Å². The van der Waals surface area contributed by atoms with E-state index >= 15 is 0 Å². The van der Waals surface area contributed by atoms with Gasteiger partial charge in [-0.05, 0) is 38.7 Å². The fraction of sp³-hybridized carbons (Fsp3) is 0.684. The van der Waals surface area contributed by atoms with Crippen LogP contribution < -0.4 is 4.74 Å². The smallest absolute Gasteiger partial charge is 0.248 e. The molecule has 1 aromatic rings. The summed E-state index contributed by atoms with van der Waals surface area (Å²) in [5, 5.41) is 0. The van der Waals surface area contributed by atoms with Gasteiger partial charge in [-0.15, -0.1) is 0 Å². The van der Waals surface area contributed by atoms with Crippen molar-refractivity contribution in [2.45, 2.75) is 51.4 Å². The molecule has 25 heavy (non-hydrogen) atoms. The van der Waals surface area contributed by atoms with Crippen molar-refractivity contribution in [3.8, 4) is 5.88 Å². The van der Waals surface area contributed by atoms with Crippen molar-refractivity contribution in [3.63, 3.8) is 0 Å². The highest BCUT2D eigenvalue weighted by Gasteiger charge is 2.39. The lowest BCUT2D eigenvalue weighted by Crippen LogP contribution is -2.45. The lowest BCUT2D eigenvalue weighted by Gasteiger charge is -2.36. The van der Waals surface area contributed by atoms with Crippen LogP contribution in [-0.2, 0) is 4.79 Å². The molecule has 2 fully saturated rings. The third kappa shape index (κ3) is 4.89. The monoisotopic (exact) mass is 352 g/mol. The number of likely N-dealkylation sites (tertiary alicyclic amines) is 1. The van der Waals surface area contributed by atoms with E-state index in [1.807, 2.05) is 30.0 Å². The molecule has 0 radical (unpaired) electrons. The second-order valence-electron chi connectivity index (χ2n) is 7.35. The van der Waals surface area contributed by atoms with Crippen LogP contribution in [0.5, 0.6) is 5.88 Å². The van der Waals surface area contributed by atoms with Crippen LogP contribution in [0.2, 0.25) is 0 Å². The molecule has 6 heteroatoms. The number of aryl methyl sites for hydroxylation is 1. The predicted molar refractivity (Wildman–Crippen MR) is 90.7 cm³/mol. The van der Waals surface area contributed by atoms with Gasteiger partial charge in [-0.25, -0.2) is 13.8 Å². The summed E-state index contributed by atoms with van der Waals surface area (Å²) in [6.07, 6.45) is 2.22. The minimum atomic E-state index is -2.59. The van der Waals surface area contributed by atoms with Gasteiger partial charge in [0.05, 0.1) is 6.61 Å². The zero-order valence-corrected chi connectivity index (χ0v) is 14.7. The van der Waals surface area contributed by atoms with Crippen LogP contribution >= 0.6 is 0 Å². The zero-order valence-electron chi connectivity index (χ0n) is 14.7. The first-order chi connectivity index (χ1) is 11.9. The van der Waals surface area contributed by atoms with Gasteiger partial charge < -0.3 is 9.64 Å². The predicted octanol–water partition coefficient (Wildman–Crippen LogP) is 3.83. The van der Waals surface area contributed by atoms with Crippen molar-refractivity contribution < 1.29 is 18.3 Å². The number of carbonyl (C=O) groups excluding carboxylic acids is 1. The Morgan fingerprint density at radius 3 is 2.80 bits per heavy atom. The van der Waals surface area contributed by atoms with Crippen molar-refractivity contribution in [2.75, 3.05) is 19.7 Å². The van der Waals surface area contributed by atoms with Gasteiger partial charge in [0, 0.05) is 49.5 Å². The molecule has 4 nitrogen and oxygen atoms in total. The van der Waals surface area contributed by atoms with Gasteiger partial charge in [-0.1, -0.05) is 6.07 Å². The molecule has 1 aromatic heterocycles. The van der Waals surface area contributed by atoms with Gasteiger partial charge >= 0.3 is 0 Å². The summed E-state index contributed by atoms with van der Waals surface area (Å²) in [7, 11) is 0. The highest BCUT2D eigenvalue weighted by Crippen LogP contribution is 2.37. The molecule has 138 valence electrons. The topological polar surface area (TPSA) is 42.4 Å². The van der Waals surface area contributed by atoms with E-state index in [1.54, 1.807) is 0 Å². The Hall–Kier alpha value is -1.72. The van der Waals surface area contributed by atoms with Crippen molar-refractivity contribution in [3.05, 3.63) is 23.9 Å². The zero-order chi connectivity index (χ0) is 17.9. The fourth-order valence-electron chi connectivity index (χ4n) is 3.75. The lowest BCUT2D eigenvalue weighted by molar-refractivity contribution is -0.141. The van der Waals surface area contributed by atoms with E-state index in [2.05, 4.69) is 4.98 Å². The van der Waals surface area contributed by atoms with E-state index in [0.29, 0.717) is 31.9 Å². The van der Waals surface area contributed by atoms with E-state index in [4.69, 9.17) is 4.74 Å². The van der Waals surface area contributed by atoms with Crippen LogP contribution in [0.4, 0.5) is 8.78 Å². The number of ether oxygens (including phenoxy) is 1. The Balaban J connectivity index is 1.50. The molecule has 0 spiro atoms. The van der Waals surface area contributed by atoms with Gasteiger partial charge in [0.25, 0.3) is 0 Å². The summed E-state index contributed by atoms with van der Waals surface area (Å²) in [4.78, 5) is 18.8. The number of carbonyl (C=O) groups is 1. The maximum absolute atomic E-state index is 13.3. The van der Waals surface area contributed by atoms with Crippen molar-refractivity contribution >= 4 is 5.91 Å². The van der Waals surface area contributed by atoms with Crippen LogP contribution in [0.25, 0.3) is 0 Å². The standard InChI is InChI=1S/C19H26F2N2O2/c1-14-4-2-6-17(22-14)25-13-15-5-3-11-23(12-15)18(24)16-7-9-19(20,21)10-8-16/h2,4,6,15-16H,3,5,7-13H2,1H3. The molecule has 1 saturated heterocycles. The molecule has 1 aliphatic heterocycles. The van der Waals surface area contributed by atoms with Crippen LogP contribution in [-0.4, -0.2) is 41.4 Å². The average molecular weight is 352 g/mol. The Kier molecular flexibility index (Phi) is 5.54. The summed E-state index contributed by atoms with van der Waals surface area (Å²) in [6.45, 7) is 3.83. The maximum Gasteiger partial charge on any atom is 0.248 e. The molecule has 1 unspecified atom stereocenters. The Bertz CT molecular complexity index is 599. The van der Waals surface area contributed by atoms with Gasteiger partial charge in [0.2, 0.25) is 17.7 Å². The van der Waals surface area contributed by atoms with Crippen LogP contribution in [0.1, 0.15) is 44.2 Å². The summed E-state index contributed by atoms with van der Waals surface area (Å²) in [5.41, 5.74) is 0.909. The number of piperidine rings is 1. The van der Waals surface area contributed by atoms with Crippen LogP contribution in [0, 0.1) is 18.8 Å². The van der Waals surface area contributed by atoms with Gasteiger partial charge in [0.1, 0.15) is 0 Å². The molecule has 2 heterocycles. The third-order valence-electron chi connectivity index (χ3n) is 5.23. The Morgan fingerprint density at radius 2 is 2.08 bits per heavy atom. The van der Waals surface area contributed by atoms with E-state index < -0.39 is 5.92 Å². The first kappa shape index (κ1) is 18.1. The molecule has 3 rings (SSSR count). The first-order valence-corrected chi connectivity index (χ1v) is 9.16. The minimum absolute atomic E-state index is 0.0499. The lowest BCUT2D eigenvalue weighted by atomic mass is 9.85. The number of alkyl halides is 2. The minimum Gasteiger partial charge on any atom is -0.477 e. The quantitative estimate of drug-likeness (QED) is 0.827. The molecule has 0 bridgehead atoms. The van der Waals surface area contributed by atoms with Gasteiger partial charge in [-0.2, -0.15) is 0 Å². The van der Waals surface area contributed by atoms with E-state index in [9.17, 15) is 13.6 Å². The Morgan fingerprint density at radius 1 is 1.32 bits per heavy atom. The maximum atomic E-state index is 13.3. The van der Waals surface area contributed by atoms with Crippen molar-refractivity contribution in [1.29, 1.82) is 0 Å². The van der Waals surface area contributed by atoms with Crippen LogP contribution in [0.15, 0.2) is 18.2 Å². The molecule has 1 amide bonds. The van der Waals surface area contributed by atoms with E-state index in [-0.39, 0.29) is 30.6 Å². The number of amides is 1. The third-order valence-corrected chi connectivity index (χ3v) is 5.23. The first-order valence-electron chi connectivity index (χ1n) is 9.16. The number of halogens is 2. The second-order valence-corrected chi connectivity index (χ2v) is 7.35. The number of pyridine rings is 1. The highest BCUT2D eigenvalue weighted by molar-refractivity contribution is 5.79. The summed E-state index contributed by atoms with van der Waals surface area (Å²) >= 11 is 0. The van der Waals surface area contributed by atoms with E-state index in [1.165, 1.54) is 0 Å². The Labute approximate surface area is 147 Å². The van der Waals surface area contributed by atoms with Gasteiger partial charge in [0.15, 0.2) is 0 Å². The highest BCUT2D eigenvalue weighted by atomic mass is 19.3. The molecule has 0 aromatic carbocycles. The molecule has 1 saturated carbocycles. The normalized spacial score (nSPS) is 24.1. The summed E-state index contributed by atoms with van der Waals surface area (Å²) < 4.78 is 32.4. The SMILES string of the molecule is Cc1cccc(OCC2CCCN(C(=O)C3CCC(F)(F)CC3)C2)n1. The largest absolute Gasteiger partial charge is 0.477 e. The summed E-state index contributed by atoms with van der Waals surface area (Å²) in [5.74, 6) is -1.90. The van der Waals surface area contributed by atoms with Crippen LogP contribution in [0.3, 0.4) is 0 Å². The molecule has 1 atom stereocenters. The number of rotatable bonds is 4. The van der Waals surface area contributed by atoms with Crippen molar-refractivity contribution in [2.24, 2.45) is 11.8 Å². The van der Waals surface area contributed by atoms with Crippen molar-refractivity contribution in [1.82, 2.24) is 9.88 Å². The number of hydrogen-bond donors (Lipinski definition) is 0. The summed E-state index contributed by atoms with van der Waals surface area (Å²) in [6, 6.07) is 5.66. The molecular formula is C19H26F2N2O2. The second kappa shape index (κ2) is 7.67. The molecule has 1 aliphatic carbocycles. The molecular weight excluding hydrogens is 326 g/mol. The fourth-order valence-corrected chi connectivity index (χ4v) is 3.75. The molecule has 2 aliphatic rings. The van der Waals surface area contributed by atoms with E-state index in [0.717, 1.165) is 25.1 Å². The molecule has 0 N–H and O–H groups in total. The average Bonchev–Trinajstić information content (AvgIpc) is 2.60. The number of hydrogen-bond acceptors (Lipinski definition) is 3.